The van der Waals surface area contributed by atoms with Crippen molar-refractivity contribution < 1.29 is 4.74 Å². The molecule has 0 amide bonds. The highest BCUT2D eigenvalue weighted by Crippen LogP contribution is 2.35. The number of nitrogens with zero attached hydrogens (tertiary/aromatic N) is 1. The number of rotatable bonds is 6. The number of hydrogen-bond donors (Lipinski definition) is 2. The fourth-order valence-electron chi connectivity index (χ4n) is 4.21. The number of piperidine rings is 1. The number of aromatic amines is 1. The lowest BCUT2D eigenvalue weighted by atomic mass is 9.84. The third kappa shape index (κ3) is 3.45. The molecule has 3 N–H and O–H groups in total. The Labute approximate surface area is 145 Å². The first kappa shape index (κ1) is 17.3. The summed E-state index contributed by atoms with van der Waals surface area (Å²) in [6, 6.07) is 6.78. The van der Waals surface area contributed by atoms with E-state index in [0.717, 1.165) is 17.8 Å². The van der Waals surface area contributed by atoms with E-state index in [1.165, 1.54) is 36.8 Å². The lowest BCUT2D eigenvalue weighted by Crippen LogP contribution is -2.46. The van der Waals surface area contributed by atoms with Gasteiger partial charge in [0.25, 0.3) is 0 Å². The van der Waals surface area contributed by atoms with Crippen LogP contribution in [0, 0.1) is 5.92 Å². The highest BCUT2D eigenvalue weighted by Gasteiger charge is 2.31. The van der Waals surface area contributed by atoms with Gasteiger partial charge in [0.2, 0.25) is 0 Å². The molecule has 1 aromatic heterocycles. The molecule has 4 nitrogen and oxygen atoms in total. The van der Waals surface area contributed by atoms with Gasteiger partial charge in [-0.25, -0.2) is 0 Å². The summed E-state index contributed by atoms with van der Waals surface area (Å²) in [6.45, 7) is 7.65. The number of benzene rings is 1. The average molecular weight is 329 g/mol. The van der Waals surface area contributed by atoms with E-state index in [4.69, 9.17) is 10.5 Å². The Balaban J connectivity index is 1.95. The molecule has 24 heavy (non-hydrogen) atoms. The molecular formula is C20H31N3O. The number of H-pyrrole nitrogens is 1. The first-order chi connectivity index (χ1) is 11.6. The first-order valence-corrected chi connectivity index (χ1v) is 9.23. The number of hydrogen-bond acceptors (Lipinski definition) is 3. The van der Waals surface area contributed by atoms with Crippen LogP contribution in [0.5, 0.6) is 5.75 Å². The monoisotopic (exact) mass is 329 g/mol. The van der Waals surface area contributed by atoms with Crippen LogP contribution in [0.25, 0.3) is 10.9 Å². The molecule has 0 spiro atoms. The minimum Gasteiger partial charge on any atom is -0.497 e. The van der Waals surface area contributed by atoms with Crippen LogP contribution in [0.3, 0.4) is 0 Å². The molecule has 1 aliphatic rings. The second-order valence-corrected chi connectivity index (χ2v) is 7.45. The van der Waals surface area contributed by atoms with E-state index in [2.05, 4.69) is 42.1 Å². The van der Waals surface area contributed by atoms with Crippen molar-refractivity contribution in [1.82, 2.24) is 9.88 Å². The molecule has 132 valence electrons. The third-order valence-corrected chi connectivity index (χ3v) is 5.30. The van der Waals surface area contributed by atoms with E-state index in [0.29, 0.717) is 24.4 Å². The predicted molar refractivity (Wildman–Crippen MR) is 101 cm³/mol. The van der Waals surface area contributed by atoms with Crippen LogP contribution >= 0.6 is 0 Å². The summed E-state index contributed by atoms with van der Waals surface area (Å²) in [4.78, 5) is 6.09. The van der Waals surface area contributed by atoms with Crippen molar-refractivity contribution in [3.8, 4) is 5.75 Å². The van der Waals surface area contributed by atoms with Crippen LogP contribution in [-0.4, -0.2) is 42.7 Å². The second-order valence-electron chi connectivity index (χ2n) is 7.45. The Kier molecular flexibility index (Phi) is 5.47. The Morgan fingerprint density at radius 3 is 2.88 bits per heavy atom. The minimum absolute atomic E-state index is 0.366. The van der Waals surface area contributed by atoms with Gasteiger partial charge >= 0.3 is 0 Å². The number of nitrogens with two attached hydrogens (primary N) is 1. The van der Waals surface area contributed by atoms with Gasteiger partial charge in [-0.1, -0.05) is 20.3 Å². The standard InChI is InChI=1S/C20H31N3O/c1-14(2)13-23-9-5-4-6-20(23)17(11-21)18-12-22-19-8-7-15(24-3)10-16(18)19/h7-8,10,12,14,17,20,22H,4-6,9,11,13,21H2,1-3H3. The molecular weight excluding hydrogens is 298 g/mol. The maximum Gasteiger partial charge on any atom is 0.119 e. The Morgan fingerprint density at radius 2 is 2.17 bits per heavy atom. The number of ether oxygens (including phenoxy) is 1. The summed E-state index contributed by atoms with van der Waals surface area (Å²) in [5, 5.41) is 1.25. The van der Waals surface area contributed by atoms with Crippen molar-refractivity contribution in [2.75, 3.05) is 26.7 Å². The molecule has 2 unspecified atom stereocenters. The number of likely N-dealkylation sites (tertiary alicyclic amines) is 1. The van der Waals surface area contributed by atoms with Crippen molar-refractivity contribution in [3.05, 3.63) is 30.0 Å². The Bertz CT molecular complexity index is 664. The zero-order chi connectivity index (χ0) is 17.1. The molecule has 2 aromatic rings. The van der Waals surface area contributed by atoms with Crippen molar-refractivity contribution in [1.29, 1.82) is 0 Å². The van der Waals surface area contributed by atoms with Gasteiger partial charge in [0, 0.05) is 42.1 Å². The number of methoxy groups -OCH3 is 1. The molecule has 0 aliphatic carbocycles. The average Bonchev–Trinajstić information content (AvgIpc) is 2.99. The molecule has 2 heterocycles. The molecule has 1 saturated heterocycles. The van der Waals surface area contributed by atoms with Crippen LogP contribution < -0.4 is 10.5 Å². The molecule has 1 aliphatic heterocycles. The summed E-state index contributed by atoms with van der Waals surface area (Å²) < 4.78 is 5.42. The third-order valence-electron chi connectivity index (χ3n) is 5.30. The smallest absolute Gasteiger partial charge is 0.119 e. The van der Waals surface area contributed by atoms with Crippen LogP contribution in [0.4, 0.5) is 0 Å². The molecule has 0 bridgehead atoms. The number of aromatic nitrogens is 1. The highest BCUT2D eigenvalue weighted by molar-refractivity contribution is 5.85. The summed E-state index contributed by atoms with van der Waals surface area (Å²) in [5.41, 5.74) is 8.78. The quantitative estimate of drug-likeness (QED) is 0.849. The van der Waals surface area contributed by atoms with Gasteiger partial charge in [-0.15, -0.1) is 0 Å². The fourth-order valence-corrected chi connectivity index (χ4v) is 4.21. The van der Waals surface area contributed by atoms with E-state index < -0.39 is 0 Å². The SMILES string of the molecule is COc1ccc2[nH]cc(C(CN)C3CCCCN3CC(C)C)c2c1. The van der Waals surface area contributed by atoms with Crippen LogP contribution in [0.1, 0.15) is 44.6 Å². The summed E-state index contributed by atoms with van der Waals surface area (Å²) in [5.74, 6) is 1.96. The maximum absolute atomic E-state index is 6.28. The maximum atomic E-state index is 6.28. The zero-order valence-corrected chi connectivity index (χ0v) is 15.2. The topological polar surface area (TPSA) is 54.3 Å². The van der Waals surface area contributed by atoms with Gasteiger partial charge in [-0.05, 0) is 49.1 Å². The lowest BCUT2D eigenvalue weighted by molar-refractivity contribution is 0.113. The molecule has 1 fully saturated rings. The van der Waals surface area contributed by atoms with Crippen LogP contribution in [-0.2, 0) is 0 Å². The fraction of sp³-hybridized carbons (Fsp3) is 0.600. The summed E-state index contributed by atoms with van der Waals surface area (Å²) >= 11 is 0. The Hall–Kier alpha value is -1.52. The first-order valence-electron chi connectivity index (χ1n) is 9.23. The number of fused-ring (bicyclic) bond motifs is 1. The van der Waals surface area contributed by atoms with Crippen molar-refractivity contribution >= 4 is 10.9 Å². The Morgan fingerprint density at radius 1 is 1.33 bits per heavy atom. The van der Waals surface area contributed by atoms with E-state index >= 15 is 0 Å². The lowest BCUT2D eigenvalue weighted by Gasteiger charge is -2.41. The van der Waals surface area contributed by atoms with Crippen molar-refractivity contribution in [3.63, 3.8) is 0 Å². The highest BCUT2D eigenvalue weighted by atomic mass is 16.5. The van der Waals surface area contributed by atoms with Crippen molar-refractivity contribution in [2.24, 2.45) is 11.7 Å². The van der Waals surface area contributed by atoms with Gasteiger partial charge in [-0.3, -0.25) is 4.90 Å². The molecule has 0 saturated carbocycles. The molecule has 2 atom stereocenters. The number of nitrogens with one attached hydrogen (secondary N) is 1. The normalized spacial score (nSPS) is 20.6. The van der Waals surface area contributed by atoms with E-state index in [9.17, 15) is 0 Å². The molecule has 0 radical (unpaired) electrons. The van der Waals surface area contributed by atoms with Gasteiger partial charge in [0.15, 0.2) is 0 Å². The zero-order valence-electron chi connectivity index (χ0n) is 15.2. The molecule has 3 rings (SSSR count). The van der Waals surface area contributed by atoms with Gasteiger partial charge in [0.1, 0.15) is 5.75 Å². The minimum atomic E-state index is 0.366. The molecule has 4 heteroatoms. The van der Waals surface area contributed by atoms with E-state index in [1.807, 2.05) is 6.07 Å². The van der Waals surface area contributed by atoms with Crippen LogP contribution in [0.2, 0.25) is 0 Å². The predicted octanol–water partition coefficient (Wildman–Crippen LogP) is 3.73. The van der Waals surface area contributed by atoms with E-state index in [1.54, 1.807) is 7.11 Å². The van der Waals surface area contributed by atoms with Crippen molar-refractivity contribution in [2.45, 2.75) is 45.1 Å². The van der Waals surface area contributed by atoms with Gasteiger partial charge < -0.3 is 15.5 Å². The van der Waals surface area contributed by atoms with E-state index in [-0.39, 0.29) is 0 Å². The molecule has 1 aromatic carbocycles. The largest absolute Gasteiger partial charge is 0.497 e. The second kappa shape index (κ2) is 7.58. The summed E-state index contributed by atoms with van der Waals surface area (Å²) in [6.07, 6.45) is 6.01. The summed E-state index contributed by atoms with van der Waals surface area (Å²) in [7, 11) is 1.72. The van der Waals surface area contributed by atoms with Gasteiger partial charge in [0.05, 0.1) is 7.11 Å². The van der Waals surface area contributed by atoms with Gasteiger partial charge in [-0.2, -0.15) is 0 Å². The van der Waals surface area contributed by atoms with Crippen LogP contribution in [0.15, 0.2) is 24.4 Å².